The maximum absolute atomic E-state index is 9.92. The van der Waals surface area contributed by atoms with Crippen LogP contribution in [-0.4, -0.2) is 40.6 Å². The van der Waals surface area contributed by atoms with Crippen LogP contribution < -0.4 is 0 Å². The van der Waals surface area contributed by atoms with Crippen LogP contribution in [0, 0.1) is 23.2 Å². The lowest BCUT2D eigenvalue weighted by molar-refractivity contribution is 0.0793. The number of aliphatic hydroxyl groups is 1. The molecular formula is C34H62O3Si2. The molecule has 3 nitrogen and oxygen atoms in total. The minimum Gasteiger partial charge on any atom is -0.414 e. The van der Waals surface area contributed by atoms with Crippen LogP contribution in [0.25, 0.3) is 0 Å². The van der Waals surface area contributed by atoms with E-state index < -0.39 is 16.6 Å². The average molecular weight is 575 g/mol. The normalized spacial score (nSPS) is 31.1. The predicted octanol–water partition coefficient (Wildman–Crippen LogP) is 9.81. The van der Waals surface area contributed by atoms with Crippen LogP contribution in [0.4, 0.5) is 0 Å². The van der Waals surface area contributed by atoms with Crippen molar-refractivity contribution in [2.45, 2.75) is 149 Å². The van der Waals surface area contributed by atoms with Gasteiger partial charge in [0, 0.05) is 13.0 Å². The van der Waals surface area contributed by atoms with E-state index in [1.165, 1.54) is 73.8 Å². The van der Waals surface area contributed by atoms with Crippen molar-refractivity contribution in [3.05, 3.63) is 34.9 Å². The maximum Gasteiger partial charge on any atom is 0.187 e. The second kappa shape index (κ2) is 14.1. The molecule has 224 valence electrons. The van der Waals surface area contributed by atoms with Crippen molar-refractivity contribution < 1.29 is 14.0 Å². The Balaban J connectivity index is 1.84. The van der Waals surface area contributed by atoms with Crippen molar-refractivity contribution >= 4 is 16.6 Å². The third-order valence-corrected chi connectivity index (χ3v) is 15.5. The summed E-state index contributed by atoms with van der Waals surface area (Å²) in [6.07, 6.45) is 19.8. The molecule has 0 aromatic rings. The topological polar surface area (TPSA) is 38.7 Å². The number of aliphatic hydroxyl groups excluding tert-OH is 1. The fourth-order valence-electron chi connectivity index (χ4n) is 8.00. The van der Waals surface area contributed by atoms with Crippen LogP contribution >= 0.6 is 0 Å². The lowest BCUT2D eigenvalue weighted by Gasteiger charge is -2.42. The Bertz CT molecular complexity index is 889. The zero-order valence-corrected chi connectivity index (χ0v) is 29.1. The van der Waals surface area contributed by atoms with Gasteiger partial charge in [0.05, 0.1) is 12.2 Å². The van der Waals surface area contributed by atoms with Crippen LogP contribution in [0.3, 0.4) is 0 Å². The predicted molar refractivity (Wildman–Crippen MR) is 173 cm³/mol. The zero-order valence-electron chi connectivity index (χ0n) is 27.1. The number of hydrogen-bond donors (Lipinski definition) is 1. The maximum atomic E-state index is 9.92. The monoisotopic (exact) mass is 574 g/mol. The van der Waals surface area contributed by atoms with Gasteiger partial charge in [-0.25, -0.2) is 0 Å². The van der Waals surface area contributed by atoms with E-state index in [1.54, 1.807) is 0 Å². The molecular weight excluding hydrogens is 513 g/mol. The van der Waals surface area contributed by atoms with Crippen molar-refractivity contribution in [1.82, 2.24) is 0 Å². The number of rotatable bonds is 14. The Morgan fingerprint density at radius 3 is 2.28 bits per heavy atom. The molecule has 0 heterocycles. The molecule has 5 heteroatoms. The first-order chi connectivity index (χ1) is 18.4. The first kappa shape index (κ1) is 33.0. The van der Waals surface area contributed by atoms with Gasteiger partial charge in [0.2, 0.25) is 0 Å². The van der Waals surface area contributed by atoms with Crippen LogP contribution in [0.15, 0.2) is 34.9 Å². The fraction of sp³-hybridized carbons (Fsp3) is 0.824. The molecule has 0 radical (unpaired) electrons. The van der Waals surface area contributed by atoms with Gasteiger partial charge in [0.1, 0.15) is 0 Å². The third kappa shape index (κ3) is 8.53. The highest BCUT2D eigenvalue weighted by molar-refractivity contribution is 6.71. The van der Waals surface area contributed by atoms with Gasteiger partial charge in [-0.1, -0.05) is 71.6 Å². The van der Waals surface area contributed by atoms with Gasteiger partial charge in [-0.15, -0.1) is 0 Å². The third-order valence-electron chi connectivity index (χ3n) is 10.5. The number of unbranched alkanes of at least 4 members (excludes halogenated alkanes) is 2. The minimum atomic E-state index is -1.73. The summed E-state index contributed by atoms with van der Waals surface area (Å²) in [4.78, 5) is 0. The van der Waals surface area contributed by atoms with Gasteiger partial charge < -0.3 is 14.0 Å². The lowest BCUT2D eigenvalue weighted by Crippen LogP contribution is -2.43. The summed E-state index contributed by atoms with van der Waals surface area (Å²) < 4.78 is 14.0. The van der Waals surface area contributed by atoms with Gasteiger partial charge in [-0.2, -0.15) is 0 Å². The van der Waals surface area contributed by atoms with Crippen LogP contribution in [0.2, 0.25) is 38.3 Å². The molecule has 0 aromatic carbocycles. The molecule has 0 amide bonds. The molecule has 0 saturated heterocycles. The number of hydrogen-bond acceptors (Lipinski definition) is 3. The quantitative estimate of drug-likeness (QED) is 0.210. The van der Waals surface area contributed by atoms with E-state index in [-0.39, 0.29) is 12.2 Å². The van der Waals surface area contributed by atoms with Crippen LogP contribution in [0.1, 0.15) is 98.8 Å². The Morgan fingerprint density at radius 2 is 1.67 bits per heavy atom. The molecule has 0 aliphatic heterocycles. The van der Waals surface area contributed by atoms with Crippen LogP contribution in [0.5, 0.6) is 0 Å². The summed E-state index contributed by atoms with van der Waals surface area (Å²) in [6, 6.07) is 2.48. The van der Waals surface area contributed by atoms with E-state index in [1.807, 2.05) is 0 Å². The minimum absolute atomic E-state index is 0.185. The van der Waals surface area contributed by atoms with Crippen LogP contribution in [-0.2, 0) is 8.85 Å². The standard InChI is InChI=1S/C34H62O3Si2/c1-10-12-21-38(6,7)36-30-23-29(27(4)33(24-30)37-39(8,9)22-13-11-2)17-16-28-15-14-20-34(5)31(26(3)25-35)18-19-32(28)34/h15-17,26,30-33,35H,10-14,18-25H2,1-9H3/b17-16-/t26-,30-,31-,32?,33+,34-/m1/s1. The summed E-state index contributed by atoms with van der Waals surface area (Å²) in [5, 5.41) is 9.92. The highest BCUT2D eigenvalue weighted by atomic mass is 28.4. The van der Waals surface area contributed by atoms with Gasteiger partial charge in [-0.3, -0.25) is 0 Å². The molecule has 39 heavy (non-hydrogen) atoms. The average Bonchev–Trinajstić information content (AvgIpc) is 3.24. The fourth-order valence-corrected chi connectivity index (χ4v) is 12.8. The molecule has 1 saturated carbocycles. The van der Waals surface area contributed by atoms with Crippen molar-refractivity contribution in [2.24, 2.45) is 23.2 Å². The Morgan fingerprint density at radius 1 is 1.03 bits per heavy atom. The summed E-state index contributed by atoms with van der Waals surface area (Å²) in [7, 11) is -3.43. The SMILES string of the molecule is CCCC[Si](C)(C)O[C@@H]1CC(/C=C\C2=CCC[C@@]3(C)C2CC[C@@H]3[C@H](C)CO)=C(C)[C@@H](O[Si](C)(C)CCCC)C1. The summed E-state index contributed by atoms with van der Waals surface area (Å²) in [6.45, 7) is 21.6. The largest absolute Gasteiger partial charge is 0.414 e. The molecule has 0 spiro atoms. The van der Waals surface area contributed by atoms with E-state index in [2.05, 4.69) is 79.0 Å². The summed E-state index contributed by atoms with van der Waals surface area (Å²) in [5.41, 5.74) is 4.73. The lowest BCUT2D eigenvalue weighted by atomic mass is 9.62. The van der Waals surface area contributed by atoms with Crippen molar-refractivity contribution in [3.8, 4) is 0 Å². The van der Waals surface area contributed by atoms with E-state index >= 15 is 0 Å². The second-order valence-electron chi connectivity index (χ2n) is 14.7. The smallest absolute Gasteiger partial charge is 0.187 e. The summed E-state index contributed by atoms with van der Waals surface area (Å²) >= 11 is 0. The first-order valence-electron chi connectivity index (χ1n) is 16.4. The van der Waals surface area contributed by atoms with Gasteiger partial charge >= 0.3 is 0 Å². The second-order valence-corrected chi connectivity index (χ2v) is 23.2. The molecule has 3 rings (SSSR count). The van der Waals surface area contributed by atoms with E-state index in [0.29, 0.717) is 29.8 Å². The van der Waals surface area contributed by atoms with Crippen molar-refractivity contribution in [3.63, 3.8) is 0 Å². The first-order valence-corrected chi connectivity index (χ1v) is 22.6. The van der Waals surface area contributed by atoms with Gasteiger partial charge in [0.25, 0.3) is 0 Å². The highest BCUT2D eigenvalue weighted by Crippen LogP contribution is 2.58. The zero-order chi connectivity index (χ0) is 28.8. The number of allylic oxidation sites excluding steroid dienone is 4. The molecule has 0 bridgehead atoms. The Kier molecular flexibility index (Phi) is 12.0. The van der Waals surface area contributed by atoms with E-state index in [9.17, 15) is 5.11 Å². The van der Waals surface area contributed by atoms with Crippen molar-refractivity contribution in [1.29, 1.82) is 0 Å². The molecule has 3 aliphatic rings. The van der Waals surface area contributed by atoms with Crippen molar-refractivity contribution in [2.75, 3.05) is 6.61 Å². The molecule has 1 fully saturated rings. The molecule has 3 aliphatic carbocycles. The Hall–Kier alpha value is -0.466. The highest BCUT2D eigenvalue weighted by Gasteiger charge is 2.49. The molecule has 1 N–H and O–H groups in total. The number of fused-ring (bicyclic) bond motifs is 1. The van der Waals surface area contributed by atoms with Gasteiger partial charge in [0.15, 0.2) is 16.6 Å². The Labute approximate surface area is 244 Å². The molecule has 0 aromatic heterocycles. The summed E-state index contributed by atoms with van der Waals surface area (Å²) in [5.74, 6) is 1.63. The molecule has 1 unspecified atom stereocenters. The molecule has 6 atom stereocenters. The van der Waals surface area contributed by atoms with E-state index in [0.717, 1.165) is 19.3 Å². The van der Waals surface area contributed by atoms with E-state index in [4.69, 9.17) is 8.85 Å². The van der Waals surface area contributed by atoms with Gasteiger partial charge in [-0.05, 0) is 117 Å².